The second-order valence-electron chi connectivity index (χ2n) is 7.51. The van der Waals surface area contributed by atoms with E-state index in [9.17, 15) is 4.79 Å². The molecular formula is C22H23N5O. The molecule has 0 radical (unpaired) electrons. The van der Waals surface area contributed by atoms with Gasteiger partial charge in [0, 0.05) is 44.0 Å². The lowest BCUT2D eigenvalue weighted by Crippen LogP contribution is -2.52. The Kier molecular flexibility index (Phi) is 4.41. The van der Waals surface area contributed by atoms with E-state index in [0.717, 1.165) is 49.8 Å². The molecule has 6 nitrogen and oxygen atoms in total. The van der Waals surface area contributed by atoms with Gasteiger partial charge in [0.15, 0.2) is 0 Å². The van der Waals surface area contributed by atoms with Crippen LogP contribution < -0.4 is 10.2 Å². The van der Waals surface area contributed by atoms with Crippen LogP contribution in [0.25, 0.3) is 22.0 Å². The minimum atomic E-state index is 0.124. The van der Waals surface area contributed by atoms with Crippen molar-refractivity contribution < 1.29 is 4.79 Å². The van der Waals surface area contributed by atoms with E-state index in [4.69, 9.17) is 4.98 Å². The lowest BCUT2D eigenvalue weighted by atomic mass is 10.1. The number of rotatable bonds is 3. The highest BCUT2D eigenvalue weighted by Crippen LogP contribution is 2.26. The van der Waals surface area contributed by atoms with E-state index < -0.39 is 0 Å². The van der Waals surface area contributed by atoms with Gasteiger partial charge in [-0.05, 0) is 29.3 Å². The van der Waals surface area contributed by atoms with Crippen molar-refractivity contribution in [3.05, 3.63) is 54.7 Å². The Balaban J connectivity index is 1.36. The molecule has 0 unspecified atom stereocenters. The molecule has 2 saturated heterocycles. The molecule has 0 saturated carbocycles. The summed E-state index contributed by atoms with van der Waals surface area (Å²) in [5.74, 6) is 0.897. The summed E-state index contributed by atoms with van der Waals surface area (Å²) in [6.45, 7) is 3.94. The summed E-state index contributed by atoms with van der Waals surface area (Å²) in [6.07, 6.45) is 2.88. The zero-order chi connectivity index (χ0) is 18.9. The van der Waals surface area contributed by atoms with Crippen molar-refractivity contribution in [2.45, 2.75) is 12.5 Å². The highest BCUT2D eigenvalue weighted by molar-refractivity contribution is 5.86. The fourth-order valence-electron chi connectivity index (χ4n) is 4.20. The van der Waals surface area contributed by atoms with Gasteiger partial charge in [0.2, 0.25) is 11.9 Å². The normalized spacial score (nSPS) is 20.5. The smallest absolute Gasteiger partial charge is 0.234 e. The minimum absolute atomic E-state index is 0.124. The first-order valence-corrected chi connectivity index (χ1v) is 9.84. The maximum atomic E-state index is 11.7. The standard InChI is InChI=1S/C22H23N5O/c28-21-15-26(12-10-23-21)19-8-11-27(14-19)22-24-9-7-20(25-22)18-6-5-16-3-1-2-4-17(16)13-18/h1-7,9,13,19H,8,10-12,14-15H2,(H,23,28)/t19-/m1/s1. The molecule has 1 N–H and O–H groups in total. The Morgan fingerprint density at radius 1 is 1.04 bits per heavy atom. The van der Waals surface area contributed by atoms with Gasteiger partial charge in [-0.1, -0.05) is 36.4 Å². The second-order valence-corrected chi connectivity index (χ2v) is 7.51. The Hall–Kier alpha value is -2.99. The Labute approximate surface area is 164 Å². The molecule has 2 aliphatic heterocycles. The van der Waals surface area contributed by atoms with Crippen LogP contribution in [0.5, 0.6) is 0 Å². The Bertz CT molecular complexity index is 1020. The summed E-state index contributed by atoms with van der Waals surface area (Å²) in [7, 11) is 0. The van der Waals surface area contributed by atoms with Crippen molar-refractivity contribution in [3.8, 4) is 11.3 Å². The van der Waals surface area contributed by atoms with Crippen LogP contribution >= 0.6 is 0 Å². The minimum Gasteiger partial charge on any atom is -0.354 e. The van der Waals surface area contributed by atoms with Crippen molar-refractivity contribution in [2.24, 2.45) is 0 Å². The van der Waals surface area contributed by atoms with Crippen molar-refractivity contribution in [1.29, 1.82) is 0 Å². The number of hydrogen-bond acceptors (Lipinski definition) is 5. The third kappa shape index (κ3) is 3.31. The predicted molar refractivity (Wildman–Crippen MR) is 110 cm³/mol. The number of nitrogens with zero attached hydrogens (tertiary/aromatic N) is 4. The molecular weight excluding hydrogens is 350 g/mol. The number of nitrogens with one attached hydrogen (secondary N) is 1. The highest BCUT2D eigenvalue weighted by Gasteiger charge is 2.31. The number of aromatic nitrogens is 2. The number of benzene rings is 2. The van der Waals surface area contributed by atoms with Crippen LogP contribution in [0.2, 0.25) is 0 Å². The fraction of sp³-hybridized carbons (Fsp3) is 0.318. The molecule has 142 valence electrons. The first-order valence-electron chi connectivity index (χ1n) is 9.84. The molecule has 3 heterocycles. The molecule has 1 atom stereocenters. The van der Waals surface area contributed by atoms with Gasteiger partial charge in [0.05, 0.1) is 12.2 Å². The number of fused-ring (bicyclic) bond motifs is 1. The van der Waals surface area contributed by atoms with Crippen LogP contribution in [-0.2, 0) is 4.79 Å². The van der Waals surface area contributed by atoms with Crippen molar-refractivity contribution in [2.75, 3.05) is 37.6 Å². The van der Waals surface area contributed by atoms with Crippen molar-refractivity contribution in [3.63, 3.8) is 0 Å². The topological polar surface area (TPSA) is 61.4 Å². The number of anilines is 1. The van der Waals surface area contributed by atoms with Gasteiger partial charge in [0.1, 0.15) is 0 Å². The molecule has 1 aromatic heterocycles. The van der Waals surface area contributed by atoms with Gasteiger partial charge < -0.3 is 10.2 Å². The molecule has 0 spiro atoms. The van der Waals surface area contributed by atoms with Crippen molar-refractivity contribution in [1.82, 2.24) is 20.2 Å². The molecule has 2 fully saturated rings. The molecule has 28 heavy (non-hydrogen) atoms. The third-order valence-corrected chi connectivity index (χ3v) is 5.72. The quantitative estimate of drug-likeness (QED) is 0.763. The lowest BCUT2D eigenvalue weighted by Gasteiger charge is -2.31. The van der Waals surface area contributed by atoms with Crippen molar-refractivity contribution >= 4 is 22.6 Å². The highest BCUT2D eigenvalue weighted by atomic mass is 16.2. The van der Waals surface area contributed by atoms with E-state index >= 15 is 0 Å². The van der Waals surface area contributed by atoms with E-state index in [0.29, 0.717) is 12.6 Å². The summed E-state index contributed by atoms with van der Waals surface area (Å²) in [5, 5.41) is 5.34. The average Bonchev–Trinajstić information content (AvgIpc) is 3.24. The summed E-state index contributed by atoms with van der Waals surface area (Å²) in [4.78, 5) is 25.6. The zero-order valence-corrected chi connectivity index (χ0v) is 15.7. The number of hydrogen-bond donors (Lipinski definition) is 1. The SMILES string of the molecule is O=C1CN([C@@H]2CCN(c3nccc(-c4ccc5ccccc5c4)n3)C2)CCN1. The number of carbonyl (C=O) groups is 1. The number of piperazine rings is 1. The van der Waals surface area contributed by atoms with Crippen LogP contribution in [0, 0.1) is 0 Å². The van der Waals surface area contributed by atoms with Gasteiger partial charge in [-0.15, -0.1) is 0 Å². The average molecular weight is 373 g/mol. The molecule has 2 aromatic carbocycles. The number of carbonyl (C=O) groups excluding carboxylic acids is 1. The van der Waals surface area contributed by atoms with Gasteiger partial charge >= 0.3 is 0 Å². The van der Waals surface area contributed by atoms with E-state index in [2.05, 4.69) is 62.6 Å². The Morgan fingerprint density at radius 3 is 2.82 bits per heavy atom. The van der Waals surface area contributed by atoms with Gasteiger partial charge in [0.25, 0.3) is 0 Å². The Morgan fingerprint density at radius 2 is 1.93 bits per heavy atom. The second kappa shape index (κ2) is 7.20. The largest absolute Gasteiger partial charge is 0.354 e. The molecule has 0 aliphatic carbocycles. The molecule has 2 aliphatic rings. The summed E-state index contributed by atoms with van der Waals surface area (Å²) in [5.41, 5.74) is 2.04. The molecule has 5 rings (SSSR count). The first-order chi connectivity index (χ1) is 13.8. The first kappa shape index (κ1) is 17.1. The van der Waals surface area contributed by atoms with Crippen LogP contribution in [0.4, 0.5) is 5.95 Å². The monoisotopic (exact) mass is 373 g/mol. The summed E-state index contributed by atoms with van der Waals surface area (Å²) < 4.78 is 0. The van der Waals surface area contributed by atoms with Crippen LogP contribution in [0.3, 0.4) is 0 Å². The van der Waals surface area contributed by atoms with Gasteiger partial charge in [-0.25, -0.2) is 9.97 Å². The summed E-state index contributed by atoms with van der Waals surface area (Å²) >= 11 is 0. The van der Waals surface area contributed by atoms with Crippen LogP contribution in [-0.4, -0.2) is 59.5 Å². The predicted octanol–water partition coefficient (Wildman–Crippen LogP) is 2.31. The lowest BCUT2D eigenvalue weighted by molar-refractivity contribution is -0.124. The van der Waals surface area contributed by atoms with E-state index in [1.807, 2.05) is 12.3 Å². The third-order valence-electron chi connectivity index (χ3n) is 5.72. The maximum absolute atomic E-state index is 11.7. The molecule has 0 bridgehead atoms. The zero-order valence-electron chi connectivity index (χ0n) is 15.7. The van der Waals surface area contributed by atoms with E-state index in [1.165, 1.54) is 10.8 Å². The van der Waals surface area contributed by atoms with E-state index in [1.54, 1.807) is 0 Å². The molecule has 3 aromatic rings. The fourth-order valence-corrected chi connectivity index (χ4v) is 4.20. The molecule has 6 heteroatoms. The van der Waals surface area contributed by atoms with Crippen LogP contribution in [0.15, 0.2) is 54.7 Å². The molecule has 1 amide bonds. The van der Waals surface area contributed by atoms with Gasteiger partial charge in [-0.3, -0.25) is 9.69 Å². The van der Waals surface area contributed by atoms with E-state index in [-0.39, 0.29) is 5.91 Å². The number of amides is 1. The maximum Gasteiger partial charge on any atom is 0.234 e. The van der Waals surface area contributed by atoms with Crippen LogP contribution in [0.1, 0.15) is 6.42 Å². The van der Waals surface area contributed by atoms with Gasteiger partial charge in [-0.2, -0.15) is 0 Å². The summed E-state index contributed by atoms with van der Waals surface area (Å²) in [6, 6.07) is 17.2.